The van der Waals surface area contributed by atoms with Crippen molar-refractivity contribution in [2.75, 3.05) is 0 Å². The van der Waals surface area contributed by atoms with Crippen LogP contribution < -0.4 is 10.2 Å². The molecule has 3 rings (SSSR count). The van der Waals surface area contributed by atoms with Crippen LogP contribution in [0, 0.1) is 6.92 Å². The molecule has 0 bridgehead atoms. The van der Waals surface area contributed by atoms with Crippen molar-refractivity contribution in [3.05, 3.63) is 58.6 Å². The molecule has 0 fully saturated rings. The van der Waals surface area contributed by atoms with Crippen LogP contribution in [0.5, 0.6) is 5.75 Å². The second kappa shape index (κ2) is 8.95. The summed E-state index contributed by atoms with van der Waals surface area (Å²) < 4.78 is 32.9. The summed E-state index contributed by atoms with van der Waals surface area (Å²) in [6, 6.07) is 10.1. The number of azo groups is 1. The second-order valence-corrected chi connectivity index (χ2v) is 7.57. The molecule has 0 aliphatic carbocycles. The number of aromatic carboxylic acids is 1. The van der Waals surface area contributed by atoms with E-state index < -0.39 is 32.3 Å². The first-order valence-corrected chi connectivity index (χ1v) is 9.55. The molecule has 0 saturated heterocycles. The Balaban J connectivity index is 0.00000300. The predicted molar refractivity (Wildman–Crippen MR) is 104 cm³/mol. The largest absolute Gasteiger partial charge is 2.00 e. The minimum absolute atomic E-state index is 0. The predicted octanol–water partition coefficient (Wildman–Crippen LogP) is 2.52. The van der Waals surface area contributed by atoms with Crippen LogP contribution in [0.15, 0.2) is 57.6 Å². The van der Waals surface area contributed by atoms with Crippen LogP contribution >= 0.6 is 11.6 Å². The Kier molecular flexibility index (Phi) is 7.26. The van der Waals surface area contributed by atoms with Crippen molar-refractivity contribution in [2.45, 2.75) is 11.8 Å². The minimum Gasteiger partial charge on any atom is -0.871 e. The third-order valence-electron chi connectivity index (χ3n) is 4.03. The normalized spacial score (nSPS) is 11.6. The van der Waals surface area contributed by atoms with Gasteiger partial charge in [0.1, 0.15) is 10.6 Å². The molecule has 3 aromatic rings. The fourth-order valence-electron chi connectivity index (χ4n) is 2.72. The van der Waals surface area contributed by atoms with Gasteiger partial charge in [0.05, 0.1) is 11.7 Å². The summed E-state index contributed by atoms with van der Waals surface area (Å²) in [6.07, 6.45) is 0. The van der Waals surface area contributed by atoms with Crippen molar-refractivity contribution in [1.82, 2.24) is 0 Å². The Morgan fingerprint density at radius 3 is 2.41 bits per heavy atom. The molecule has 0 heterocycles. The van der Waals surface area contributed by atoms with E-state index in [4.69, 9.17) is 11.6 Å². The molecule has 0 unspecified atom stereocenters. The summed E-state index contributed by atoms with van der Waals surface area (Å²) in [4.78, 5) is 10.7. The second-order valence-electron chi connectivity index (χ2n) is 5.81. The molecule has 0 aromatic heterocycles. The molecule has 0 radical (unpaired) electrons. The molecule has 1 N–H and O–H groups in total. The first-order chi connectivity index (χ1) is 13.1. The molecule has 0 atom stereocenters. The third kappa shape index (κ3) is 4.71. The van der Waals surface area contributed by atoms with E-state index in [9.17, 15) is 28.0 Å². The van der Waals surface area contributed by atoms with Gasteiger partial charge in [0.25, 0.3) is 10.1 Å². The average Bonchev–Trinajstić information content (AvgIpc) is 2.62. The van der Waals surface area contributed by atoms with Crippen molar-refractivity contribution in [3.63, 3.8) is 0 Å². The van der Waals surface area contributed by atoms with Crippen molar-refractivity contribution in [3.8, 4) is 5.75 Å². The van der Waals surface area contributed by atoms with Crippen LogP contribution in [0.25, 0.3) is 10.8 Å². The van der Waals surface area contributed by atoms with Gasteiger partial charge >= 0.3 is 37.7 Å². The third-order valence-corrected chi connectivity index (χ3v) is 5.47. The Morgan fingerprint density at radius 1 is 1.14 bits per heavy atom. The number of carboxylic acid groups (broad SMARTS) is 1. The monoisotopic (exact) mass is 458 g/mol. The number of rotatable bonds is 4. The zero-order valence-electron chi connectivity index (χ0n) is 14.9. The van der Waals surface area contributed by atoms with Crippen LogP contribution in [0.3, 0.4) is 0 Å². The Hall–Kier alpha value is -1.75. The van der Waals surface area contributed by atoms with Crippen molar-refractivity contribution in [1.29, 1.82) is 0 Å². The molecule has 0 spiro atoms. The maximum absolute atomic E-state index is 12.5. The maximum atomic E-state index is 12.5. The van der Waals surface area contributed by atoms with E-state index in [2.05, 4.69) is 10.2 Å². The number of halogens is 1. The average molecular weight is 459 g/mol. The molecule has 8 nitrogen and oxygen atoms in total. The van der Waals surface area contributed by atoms with Crippen LogP contribution in [0.2, 0.25) is 5.02 Å². The van der Waals surface area contributed by atoms with E-state index in [-0.39, 0.29) is 59.7 Å². The zero-order chi connectivity index (χ0) is 20.6. The molecule has 0 amide bonds. The fraction of sp³-hybridized carbons (Fsp3) is 0.0556. The summed E-state index contributed by atoms with van der Waals surface area (Å²) in [6.45, 7) is 1.37. The molecular formula is C18H11CaClN2O6S. The van der Waals surface area contributed by atoms with E-state index >= 15 is 0 Å². The number of carbonyl (C=O) groups is 1. The van der Waals surface area contributed by atoms with Gasteiger partial charge in [-0.2, -0.15) is 13.5 Å². The molecule has 0 aliphatic heterocycles. The van der Waals surface area contributed by atoms with Gasteiger partial charge in [-0.1, -0.05) is 41.6 Å². The van der Waals surface area contributed by atoms with Gasteiger partial charge in [0, 0.05) is 10.4 Å². The topological polar surface area (TPSA) is 142 Å². The van der Waals surface area contributed by atoms with Gasteiger partial charge in [0.15, 0.2) is 0 Å². The van der Waals surface area contributed by atoms with Crippen LogP contribution in [0.4, 0.5) is 11.4 Å². The molecule has 11 heteroatoms. The van der Waals surface area contributed by atoms with Crippen molar-refractivity contribution >= 4 is 87.6 Å². The number of hydrogen-bond acceptors (Lipinski definition) is 7. The Bertz CT molecular complexity index is 1260. The first kappa shape index (κ1) is 23.5. The van der Waals surface area contributed by atoms with Crippen LogP contribution in [-0.4, -0.2) is 56.7 Å². The van der Waals surface area contributed by atoms with Crippen LogP contribution in [-0.2, 0) is 10.1 Å². The maximum Gasteiger partial charge on any atom is 2.00 e. The van der Waals surface area contributed by atoms with Gasteiger partial charge < -0.3 is 15.0 Å². The van der Waals surface area contributed by atoms with Gasteiger partial charge in [-0.3, -0.25) is 4.55 Å². The summed E-state index contributed by atoms with van der Waals surface area (Å²) in [5.74, 6) is -2.60. The summed E-state index contributed by atoms with van der Waals surface area (Å²) in [5.41, 5.74) is -1.11. The van der Waals surface area contributed by atoms with Crippen molar-refractivity contribution < 1.29 is 28.0 Å². The molecule has 144 valence electrons. The number of hydrogen-bond donors (Lipinski definition) is 1. The quantitative estimate of drug-likeness (QED) is 0.361. The SMILES string of the molecule is Cc1c(Cl)ccc(N=Nc2c([O-])c(C(=O)[O-])cc3ccccc23)c1S(=O)(=O)O.[Ca+2]. The Labute approximate surface area is 200 Å². The minimum atomic E-state index is -4.69. The van der Waals surface area contributed by atoms with E-state index in [1.54, 1.807) is 24.3 Å². The molecule has 0 aliphatic rings. The van der Waals surface area contributed by atoms with E-state index in [1.165, 1.54) is 25.1 Å². The zero-order valence-corrected chi connectivity index (χ0v) is 18.7. The number of carboxylic acids is 1. The molecule has 3 aromatic carbocycles. The number of benzene rings is 3. The van der Waals surface area contributed by atoms with Gasteiger partial charge in [-0.25, -0.2) is 0 Å². The summed E-state index contributed by atoms with van der Waals surface area (Å²) >= 11 is 5.90. The number of carbonyl (C=O) groups excluding carboxylic acids is 1. The van der Waals surface area contributed by atoms with Crippen molar-refractivity contribution in [2.24, 2.45) is 10.2 Å². The summed E-state index contributed by atoms with van der Waals surface area (Å²) in [7, 11) is -4.69. The number of nitrogens with zero attached hydrogens (tertiary/aromatic N) is 2. The molecule has 0 saturated carbocycles. The number of fused-ring (bicyclic) bond motifs is 1. The van der Waals surface area contributed by atoms with E-state index in [0.29, 0.717) is 10.8 Å². The standard InChI is InChI=1S/C18H13ClN2O6S.Ca/c1-9-13(19)6-7-14(17(9)28(25,26)27)20-21-15-11-5-3-2-4-10(11)8-12(16(15)22)18(23)24;/h2-8,22H,1H3,(H,23,24)(H,25,26,27);/q;+2/p-2. The Morgan fingerprint density at radius 2 is 1.79 bits per heavy atom. The summed E-state index contributed by atoms with van der Waals surface area (Å²) in [5, 5.41) is 32.1. The van der Waals surface area contributed by atoms with Crippen LogP contribution in [0.1, 0.15) is 15.9 Å². The molecular weight excluding hydrogens is 448 g/mol. The van der Waals surface area contributed by atoms with E-state index in [0.717, 1.165) is 0 Å². The smallest absolute Gasteiger partial charge is 0.871 e. The van der Waals surface area contributed by atoms with Gasteiger partial charge in [-0.15, -0.1) is 5.11 Å². The van der Waals surface area contributed by atoms with Gasteiger partial charge in [-0.05, 0) is 41.6 Å². The molecule has 29 heavy (non-hydrogen) atoms. The first-order valence-electron chi connectivity index (χ1n) is 7.73. The van der Waals surface area contributed by atoms with E-state index in [1.807, 2.05) is 0 Å². The van der Waals surface area contributed by atoms with Gasteiger partial charge in [0.2, 0.25) is 0 Å². The fourth-order valence-corrected chi connectivity index (χ4v) is 3.81.